The fourth-order valence-corrected chi connectivity index (χ4v) is 7.37. The lowest BCUT2D eigenvalue weighted by molar-refractivity contribution is 0.0523. The summed E-state index contributed by atoms with van der Waals surface area (Å²) in [6.45, 7) is 14.2. The second-order valence-electron chi connectivity index (χ2n) is 16.8. The first-order valence-electron chi connectivity index (χ1n) is 24.2. The van der Waals surface area contributed by atoms with Gasteiger partial charge in [-0.2, -0.15) is 0 Å². The Morgan fingerprint density at radius 2 is 0.982 bits per heavy atom. The van der Waals surface area contributed by atoms with Gasteiger partial charge in [0.05, 0.1) is 19.3 Å². The standard InChI is InChI=1S/C52H91N3O2/c1-4-6-8-10-12-14-16-18-20-22-24-26-28-30-32-34-43-56-48-52(53-46-50-37-36-38-51(45-50)47-55-41-39-54(3)40-42-55)49-57-44-35-33-31-29-27-25-23-21-19-17-15-13-11-9-7-5-2/h12-15,18-21,36-38,45,52-53H,4-11,16-17,22-35,39-44,46-49H2,1-3H3/b14-12-,15-13+,20-18-,21-19+. The van der Waals surface area contributed by atoms with Crippen LogP contribution in [0.15, 0.2) is 72.9 Å². The zero-order valence-electron chi connectivity index (χ0n) is 37.8. The number of nitrogens with zero attached hydrogens (tertiary/aromatic N) is 2. The molecule has 1 atom stereocenters. The highest BCUT2D eigenvalue weighted by molar-refractivity contribution is 5.23. The largest absolute Gasteiger partial charge is 0.380 e. The van der Waals surface area contributed by atoms with Crippen molar-refractivity contribution in [3.63, 3.8) is 0 Å². The van der Waals surface area contributed by atoms with Crippen LogP contribution in [0.25, 0.3) is 0 Å². The Labute approximate surface area is 354 Å². The summed E-state index contributed by atoms with van der Waals surface area (Å²) in [7, 11) is 2.23. The molecule has 0 spiro atoms. The molecule has 0 aliphatic carbocycles. The van der Waals surface area contributed by atoms with Crippen molar-refractivity contribution in [2.75, 3.05) is 59.7 Å². The van der Waals surface area contributed by atoms with Crippen LogP contribution in [0.2, 0.25) is 0 Å². The average Bonchev–Trinajstić information content (AvgIpc) is 3.22. The molecule has 5 nitrogen and oxygen atoms in total. The Morgan fingerprint density at radius 3 is 1.47 bits per heavy atom. The van der Waals surface area contributed by atoms with Crippen molar-refractivity contribution in [1.82, 2.24) is 15.1 Å². The number of rotatable bonds is 39. The average molecular weight is 790 g/mol. The fourth-order valence-electron chi connectivity index (χ4n) is 7.37. The first-order chi connectivity index (χ1) is 28.2. The number of unbranched alkanes of at least 4 members (excludes halogenated alkanes) is 18. The van der Waals surface area contributed by atoms with Crippen molar-refractivity contribution in [3.05, 3.63) is 84.0 Å². The monoisotopic (exact) mass is 790 g/mol. The van der Waals surface area contributed by atoms with Crippen molar-refractivity contribution >= 4 is 0 Å². The lowest BCUT2D eigenvalue weighted by Gasteiger charge is -2.32. The molecule has 1 heterocycles. The summed E-state index contributed by atoms with van der Waals surface area (Å²) in [6, 6.07) is 9.36. The van der Waals surface area contributed by atoms with Gasteiger partial charge >= 0.3 is 0 Å². The fraction of sp³-hybridized carbons (Fsp3) is 0.731. The van der Waals surface area contributed by atoms with Crippen molar-refractivity contribution < 1.29 is 9.47 Å². The molecule has 1 unspecified atom stereocenters. The Bertz CT molecular complexity index is 1070. The summed E-state index contributed by atoms with van der Waals surface area (Å²) in [6.07, 6.45) is 49.3. The van der Waals surface area contributed by atoms with Gasteiger partial charge < -0.3 is 19.7 Å². The van der Waals surface area contributed by atoms with Gasteiger partial charge in [-0.15, -0.1) is 0 Å². The van der Waals surface area contributed by atoms with Gasteiger partial charge in [0.2, 0.25) is 0 Å². The minimum atomic E-state index is 0.209. The molecule has 326 valence electrons. The van der Waals surface area contributed by atoms with Crippen LogP contribution in [-0.2, 0) is 22.6 Å². The van der Waals surface area contributed by atoms with E-state index in [1.54, 1.807) is 0 Å². The van der Waals surface area contributed by atoms with Crippen LogP contribution in [0.5, 0.6) is 0 Å². The minimum Gasteiger partial charge on any atom is -0.380 e. The van der Waals surface area contributed by atoms with E-state index in [0.29, 0.717) is 13.2 Å². The van der Waals surface area contributed by atoms with E-state index in [1.807, 2.05) is 0 Å². The van der Waals surface area contributed by atoms with Crippen LogP contribution in [-0.4, -0.2) is 75.5 Å². The zero-order chi connectivity index (χ0) is 40.5. The van der Waals surface area contributed by atoms with Crippen molar-refractivity contribution in [2.45, 2.75) is 187 Å². The predicted molar refractivity (Wildman–Crippen MR) is 250 cm³/mol. The molecule has 1 aliphatic rings. The minimum absolute atomic E-state index is 0.209. The molecule has 1 fully saturated rings. The van der Waals surface area contributed by atoms with Gasteiger partial charge in [0.15, 0.2) is 0 Å². The number of likely N-dealkylation sites (N-methyl/N-ethyl adjacent to an activating group) is 1. The molecule has 0 amide bonds. The maximum absolute atomic E-state index is 6.25. The zero-order valence-corrected chi connectivity index (χ0v) is 37.8. The number of hydrogen-bond acceptors (Lipinski definition) is 5. The number of piperazine rings is 1. The molecular formula is C52H91N3O2. The quantitative estimate of drug-likeness (QED) is 0.0531. The molecule has 1 aromatic rings. The molecule has 0 bridgehead atoms. The summed E-state index contributed by atoms with van der Waals surface area (Å²) in [5.74, 6) is 0. The normalized spacial score (nSPS) is 15.1. The molecular weight excluding hydrogens is 699 g/mol. The third-order valence-corrected chi connectivity index (χ3v) is 11.2. The van der Waals surface area contributed by atoms with Gasteiger partial charge in [-0.05, 0) is 95.2 Å². The lowest BCUT2D eigenvalue weighted by Crippen LogP contribution is -2.43. The van der Waals surface area contributed by atoms with E-state index in [-0.39, 0.29) is 6.04 Å². The summed E-state index contributed by atoms with van der Waals surface area (Å²) >= 11 is 0. The molecule has 1 aromatic carbocycles. The van der Waals surface area contributed by atoms with E-state index < -0.39 is 0 Å². The van der Waals surface area contributed by atoms with Crippen LogP contribution in [0, 0.1) is 0 Å². The van der Waals surface area contributed by atoms with Gasteiger partial charge in [0, 0.05) is 52.5 Å². The van der Waals surface area contributed by atoms with Crippen LogP contribution < -0.4 is 5.32 Å². The molecule has 0 radical (unpaired) electrons. The van der Waals surface area contributed by atoms with Crippen LogP contribution in [0.3, 0.4) is 0 Å². The van der Waals surface area contributed by atoms with Gasteiger partial charge in [0.25, 0.3) is 0 Å². The molecule has 0 aromatic heterocycles. The second-order valence-corrected chi connectivity index (χ2v) is 16.8. The lowest BCUT2D eigenvalue weighted by atomic mass is 10.1. The predicted octanol–water partition coefficient (Wildman–Crippen LogP) is 13.6. The molecule has 5 heteroatoms. The second kappa shape index (κ2) is 39.4. The van der Waals surface area contributed by atoms with Gasteiger partial charge in [-0.1, -0.05) is 164 Å². The molecule has 0 saturated carbocycles. The highest BCUT2D eigenvalue weighted by atomic mass is 16.5. The van der Waals surface area contributed by atoms with Crippen molar-refractivity contribution in [3.8, 4) is 0 Å². The summed E-state index contributed by atoms with van der Waals surface area (Å²) in [5.41, 5.74) is 2.76. The molecule has 1 aliphatic heterocycles. The van der Waals surface area contributed by atoms with E-state index in [9.17, 15) is 0 Å². The summed E-state index contributed by atoms with van der Waals surface area (Å²) < 4.78 is 12.5. The number of benzene rings is 1. The van der Waals surface area contributed by atoms with Gasteiger partial charge in [-0.3, -0.25) is 4.90 Å². The first-order valence-corrected chi connectivity index (χ1v) is 24.2. The van der Waals surface area contributed by atoms with Gasteiger partial charge in [0.1, 0.15) is 0 Å². The van der Waals surface area contributed by atoms with Crippen LogP contribution in [0.4, 0.5) is 0 Å². The van der Waals surface area contributed by atoms with E-state index in [4.69, 9.17) is 9.47 Å². The van der Waals surface area contributed by atoms with E-state index in [2.05, 4.69) is 109 Å². The highest BCUT2D eigenvalue weighted by Gasteiger charge is 2.14. The highest BCUT2D eigenvalue weighted by Crippen LogP contribution is 2.13. The number of allylic oxidation sites excluding steroid dienone is 8. The number of nitrogens with one attached hydrogen (secondary N) is 1. The Kier molecular flexibility index (Phi) is 35.4. The van der Waals surface area contributed by atoms with Crippen molar-refractivity contribution in [1.29, 1.82) is 0 Å². The Hall–Kier alpha value is -2.02. The SMILES string of the molecule is CCCCC/C=C\C/C=C\CCCCCCCCOCC(COCCCCCCCC/C=C/C/C=C/CCCCC)NCc1cccc(CN2CCN(C)CC2)c1. The van der Waals surface area contributed by atoms with Crippen molar-refractivity contribution in [2.24, 2.45) is 0 Å². The Balaban J connectivity index is 1.59. The molecule has 57 heavy (non-hydrogen) atoms. The maximum atomic E-state index is 6.25. The third kappa shape index (κ3) is 32.5. The van der Waals surface area contributed by atoms with E-state index >= 15 is 0 Å². The molecule has 1 N–H and O–H groups in total. The summed E-state index contributed by atoms with van der Waals surface area (Å²) in [5, 5.41) is 3.80. The number of hydrogen-bond donors (Lipinski definition) is 1. The van der Waals surface area contributed by atoms with E-state index in [1.165, 1.54) is 140 Å². The first kappa shape index (κ1) is 51.1. The number of ether oxygens (including phenoxy) is 2. The third-order valence-electron chi connectivity index (χ3n) is 11.2. The van der Waals surface area contributed by atoms with E-state index in [0.717, 1.165) is 78.2 Å². The molecule has 2 rings (SSSR count). The Morgan fingerprint density at radius 1 is 0.544 bits per heavy atom. The smallest absolute Gasteiger partial charge is 0.0642 e. The van der Waals surface area contributed by atoms with Crippen LogP contribution >= 0.6 is 0 Å². The molecule has 1 saturated heterocycles. The van der Waals surface area contributed by atoms with Crippen LogP contribution in [0.1, 0.15) is 179 Å². The summed E-state index contributed by atoms with van der Waals surface area (Å²) in [4.78, 5) is 5.01. The van der Waals surface area contributed by atoms with Gasteiger partial charge in [-0.25, -0.2) is 0 Å². The maximum Gasteiger partial charge on any atom is 0.0642 e. The topological polar surface area (TPSA) is 37.0 Å².